The minimum Gasteiger partial charge on any atom is -0.496 e. The third-order valence-electron chi connectivity index (χ3n) is 5.05. The second-order valence-electron chi connectivity index (χ2n) is 5.89. The Kier molecular flexibility index (Phi) is 4.12. The fourth-order valence-corrected chi connectivity index (χ4v) is 3.85. The molecule has 0 atom stereocenters. The van der Waals surface area contributed by atoms with Gasteiger partial charge in [-0.25, -0.2) is 0 Å². The van der Waals surface area contributed by atoms with Crippen molar-refractivity contribution >= 4 is 11.6 Å². The van der Waals surface area contributed by atoms with Crippen LogP contribution in [-0.4, -0.2) is 13.7 Å². The maximum atomic E-state index is 6.16. The van der Waals surface area contributed by atoms with Gasteiger partial charge >= 0.3 is 0 Å². The summed E-state index contributed by atoms with van der Waals surface area (Å²) in [6, 6.07) is 5.86. The van der Waals surface area contributed by atoms with E-state index in [2.05, 4.69) is 13.8 Å². The lowest BCUT2D eigenvalue weighted by atomic mass is 9.48. The van der Waals surface area contributed by atoms with Gasteiger partial charge in [-0.3, -0.25) is 0 Å². The Balaban J connectivity index is 2.37. The van der Waals surface area contributed by atoms with Crippen LogP contribution in [0.1, 0.15) is 45.1 Å². The predicted molar refractivity (Wildman–Crippen MR) is 81.0 cm³/mol. The maximum absolute atomic E-state index is 6.16. The molecule has 0 amide bonds. The Labute approximate surface area is 121 Å². The molecule has 19 heavy (non-hydrogen) atoms. The molecular formula is C16H24ClNO. The summed E-state index contributed by atoms with van der Waals surface area (Å²) in [4.78, 5) is 0. The first-order valence-corrected chi connectivity index (χ1v) is 7.46. The Hall–Kier alpha value is -0.730. The summed E-state index contributed by atoms with van der Waals surface area (Å²) in [6.07, 6.45) is 4.71. The zero-order valence-corrected chi connectivity index (χ0v) is 12.9. The third-order valence-corrected chi connectivity index (χ3v) is 5.29. The molecule has 2 N–H and O–H groups in total. The molecule has 2 rings (SSSR count). The lowest BCUT2D eigenvalue weighted by Gasteiger charge is -2.56. The van der Waals surface area contributed by atoms with E-state index in [1.54, 1.807) is 7.11 Å². The van der Waals surface area contributed by atoms with E-state index in [4.69, 9.17) is 22.1 Å². The van der Waals surface area contributed by atoms with Gasteiger partial charge in [0.05, 0.1) is 7.11 Å². The van der Waals surface area contributed by atoms with Crippen molar-refractivity contribution in [2.75, 3.05) is 13.7 Å². The van der Waals surface area contributed by atoms with Crippen molar-refractivity contribution in [3.05, 3.63) is 28.8 Å². The average Bonchev–Trinajstić information content (AvgIpc) is 2.40. The topological polar surface area (TPSA) is 35.2 Å². The van der Waals surface area contributed by atoms with Crippen LogP contribution >= 0.6 is 11.6 Å². The first-order valence-electron chi connectivity index (χ1n) is 7.09. The number of methoxy groups -OCH3 is 1. The van der Waals surface area contributed by atoms with Crippen molar-refractivity contribution < 1.29 is 4.74 Å². The second-order valence-corrected chi connectivity index (χ2v) is 6.33. The molecule has 0 bridgehead atoms. The summed E-state index contributed by atoms with van der Waals surface area (Å²) in [5.41, 5.74) is 7.78. The fraction of sp³-hybridized carbons (Fsp3) is 0.625. The Morgan fingerprint density at radius 3 is 2.37 bits per heavy atom. The van der Waals surface area contributed by atoms with Crippen LogP contribution in [-0.2, 0) is 5.41 Å². The molecule has 1 aliphatic carbocycles. The van der Waals surface area contributed by atoms with E-state index in [1.807, 2.05) is 18.2 Å². The number of hydrogen-bond donors (Lipinski definition) is 1. The standard InChI is InChI=1S/C16H24ClNO/c1-4-15(5-2)9-16(10-15,11-18)13-8-12(17)6-7-14(13)19-3/h6-8H,4-5,9-11,18H2,1-3H3. The number of halogens is 1. The minimum absolute atomic E-state index is 0.0439. The molecule has 0 aliphatic heterocycles. The molecule has 3 heteroatoms. The summed E-state index contributed by atoms with van der Waals surface area (Å²) in [5, 5.41) is 0.758. The third kappa shape index (κ3) is 2.36. The highest BCUT2D eigenvalue weighted by molar-refractivity contribution is 6.30. The molecule has 0 radical (unpaired) electrons. The first-order chi connectivity index (χ1) is 9.04. The van der Waals surface area contributed by atoms with E-state index >= 15 is 0 Å². The Bertz CT molecular complexity index is 446. The molecule has 1 aromatic carbocycles. The van der Waals surface area contributed by atoms with Crippen molar-refractivity contribution in [3.8, 4) is 5.75 Å². The van der Waals surface area contributed by atoms with Crippen LogP contribution in [0.15, 0.2) is 18.2 Å². The Morgan fingerprint density at radius 2 is 1.89 bits per heavy atom. The summed E-state index contributed by atoms with van der Waals surface area (Å²) in [6.45, 7) is 5.21. The van der Waals surface area contributed by atoms with Gasteiger partial charge in [-0.15, -0.1) is 0 Å². The molecule has 2 nitrogen and oxygen atoms in total. The second kappa shape index (κ2) is 5.34. The minimum atomic E-state index is 0.0439. The fourth-order valence-electron chi connectivity index (χ4n) is 3.67. The molecule has 0 unspecified atom stereocenters. The van der Waals surface area contributed by atoms with Crippen molar-refractivity contribution in [1.29, 1.82) is 0 Å². The van der Waals surface area contributed by atoms with Crippen LogP contribution in [0.3, 0.4) is 0 Å². The molecule has 0 aromatic heterocycles. The SMILES string of the molecule is CCC1(CC)CC(CN)(c2cc(Cl)ccc2OC)C1. The van der Waals surface area contributed by atoms with E-state index in [9.17, 15) is 0 Å². The summed E-state index contributed by atoms with van der Waals surface area (Å²) in [7, 11) is 1.71. The van der Waals surface area contributed by atoms with Gasteiger partial charge in [-0.2, -0.15) is 0 Å². The average molecular weight is 282 g/mol. The maximum Gasteiger partial charge on any atom is 0.122 e. The van der Waals surface area contributed by atoms with Gasteiger partial charge < -0.3 is 10.5 Å². The van der Waals surface area contributed by atoms with Crippen LogP contribution in [0.25, 0.3) is 0 Å². The summed E-state index contributed by atoms with van der Waals surface area (Å²) < 4.78 is 5.51. The number of rotatable bonds is 5. The number of nitrogens with two attached hydrogens (primary N) is 1. The van der Waals surface area contributed by atoms with Crippen molar-refractivity contribution in [2.45, 2.75) is 44.9 Å². The number of benzene rings is 1. The predicted octanol–water partition coefficient (Wildman–Crippen LogP) is 4.15. The normalized spacial score (nSPS) is 19.8. The lowest BCUT2D eigenvalue weighted by molar-refractivity contribution is 0.0169. The molecule has 106 valence electrons. The zero-order chi connectivity index (χ0) is 14.1. The zero-order valence-electron chi connectivity index (χ0n) is 12.1. The van der Waals surface area contributed by atoms with E-state index in [0.717, 1.165) is 23.6 Å². The summed E-state index contributed by atoms with van der Waals surface area (Å²) in [5.74, 6) is 0.913. The quantitative estimate of drug-likeness (QED) is 0.880. The highest BCUT2D eigenvalue weighted by Gasteiger charge is 2.53. The first kappa shape index (κ1) is 14.7. The smallest absolute Gasteiger partial charge is 0.122 e. The van der Waals surface area contributed by atoms with Crippen molar-refractivity contribution in [2.24, 2.45) is 11.1 Å². The van der Waals surface area contributed by atoms with Gasteiger partial charge in [0, 0.05) is 22.5 Å². The lowest BCUT2D eigenvalue weighted by Crippen LogP contribution is -2.53. The van der Waals surface area contributed by atoms with Crippen LogP contribution in [0, 0.1) is 5.41 Å². The number of hydrogen-bond acceptors (Lipinski definition) is 2. The van der Waals surface area contributed by atoms with Crippen molar-refractivity contribution in [3.63, 3.8) is 0 Å². The van der Waals surface area contributed by atoms with Gasteiger partial charge in [0.25, 0.3) is 0 Å². The van der Waals surface area contributed by atoms with Gasteiger partial charge in [0.15, 0.2) is 0 Å². The van der Waals surface area contributed by atoms with E-state index in [-0.39, 0.29) is 5.41 Å². The summed E-state index contributed by atoms with van der Waals surface area (Å²) >= 11 is 6.16. The van der Waals surface area contributed by atoms with Crippen LogP contribution in [0.4, 0.5) is 0 Å². The highest BCUT2D eigenvalue weighted by Crippen LogP contribution is 2.60. The Morgan fingerprint density at radius 1 is 1.26 bits per heavy atom. The van der Waals surface area contributed by atoms with Gasteiger partial charge in [-0.1, -0.05) is 38.3 Å². The van der Waals surface area contributed by atoms with E-state index in [0.29, 0.717) is 12.0 Å². The molecular weight excluding hydrogens is 258 g/mol. The largest absolute Gasteiger partial charge is 0.496 e. The molecule has 0 saturated heterocycles. The monoisotopic (exact) mass is 281 g/mol. The molecule has 1 aromatic rings. The molecule has 0 heterocycles. The van der Waals surface area contributed by atoms with Crippen LogP contribution in [0.5, 0.6) is 5.75 Å². The molecule has 1 saturated carbocycles. The number of ether oxygens (including phenoxy) is 1. The molecule has 1 fully saturated rings. The van der Waals surface area contributed by atoms with Gasteiger partial charge in [-0.05, 0) is 36.5 Å². The van der Waals surface area contributed by atoms with Gasteiger partial charge in [0.2, 0.25) is 0 Å². The van der Waals surface area contributed by atoms with Crippen LogP contribution < -0.4 is 10.5 Å². The van der Waals surface area contributed by atoms with Crippen molar-refractivity contribution in [1.82, 2.24) is 0 Å². The molecule has 1 aliphatic rings. The van der Waals surface area contributed by atoms with Gasteiger partial charge in [0.1, 0.15) is 5.75 Å². The van der Waals surface area contributed by atoms with Crippen LogP contribution in [0.2, 0.25) is 5.02 Å². The van der Waals surface area contributed by atoms with E-state index in [1.165, 1.54) is 18.4 Å². The highest BCUT2D eigenvalue weighted by atomic mass is 35.5. The van der Waals surface area contributed by atoms with E-state index < -0.39 is 0 Å². The molecule has 0 spiro atoms.